The second kappa shape index (κ2) is 6.45. The number of aryl methyl sites for hydroxylation is 2. The molecule has 2 aromatic rings. The lowest BCUT2D eigenvalue weighted by molar-refractivity contribution is 0.560. The predicted octanol–water partition coefficient (Wildman–Crippen LogP) is 6.00. The van der Waals surface area contributed by atoms with Crippen molar-refractivity contribution in [2.24, 2.45) is 5.92 Å². The number of hydrogen-bond acceptors (Lipinski definition) is 0. The van der Waals surface area contributed by atoms with Crippen LogP contribution in [0.2, 0.25) is 5.02 Å². The summed E-state index contributed by atoms with van der Waals surface area (Å²) >= 11 is 6.02. The summed E-state index contributed by atoms with van der Waals surface area (Å²) in [6.07, 6.45) is 1.08. The van der Waals surface area contributed by atoms with Crippen molar-refractivity contribution in [2.45, 2.75) is 40.0 Å². The van der Waals surface area contributed by atoms with Crippen molar-refractivity contribution >= 4 is 11.6 Å². The van der Waals surface area contributed by atoms with E-state index in [9.17, 15) is 0 Å². The van der Waals surface area contributed by atoms with E-state index in [-0.39, 0.29) is 0 Å². The zero-order valence-electron chi connectivity index (χ0n) is 12.8. The topological polar surface area (TPSA) is 0 Å². The molecular weight excluding hydrogens is 264 g/mol. The fourth-order valence-electron chi connectivity index (χ4n) is 2.94. The molecule has 0 aromatic heterocycles. The van der Waals surface area contributed by atoms with E-state index in [2.05, 4.69) is 58.0 Å². The van der Waals surface area contributed by atoms with Gasteiger partial charge in [0.05, 0.1) is 0 Å². The molecule has 0 aliphatic rings. The molecule has 0 nitrogen and oxygen atoms in total. The first kappa shape index (κ1) is 15.1. The van der Waals surface area contributed by atoms with Gasteiger partial charge in [-0.3, -0.25) is 0 Å². The van der Waals surface area contributed by atoms with Crippen LogP contribution in [0.15, 0.2) is 42.5 Å². The quantitative estimate of drug-likeness (QED) is 0.647. The fraction of sp³-hybridized carbons (Fsp3) is 0.368. The van der Waals surface area contributed by atoms with Gasteiger partial charge in [0.2, 0.25) is 0 Å². The van der Waals surface area contributed by atoms with Crippen LogP contribution in [0.25, 0.3) is 0 Å². The van der Waals surface area contributed by atoms with Crippen LogP contribution in [-0.2, 0) is 6.42 Å². The molecule has 1 atom stereocenters. The van der Waals surface area contributed by atoms with Crippen molar-refractivity contribution in [3.8, 4) is 0 Å². The van der Waals surface area contributed by atoms with Crippen molar-refractivity contribution in [1.29, 1.82) is 0 Å². The first-order valence-electron chi connectivity index (χ1n) is 7.37. The summed E-state index contributed by atoms with van der Waals surface area (Å²) in [5.41, 5.74) is 5.60. The van der Waals surface area contributed by atoms with E-state index in [1.165, 1.54) is 22.3 Å². The van der Waals surface area contributed by atoms with E-state index in [4.69, 9.17) is 11.6 Å². The molecule has 0 N–H and O–H groups in total. The molecule has 0 aliphatic carbocycles. The SMILES string of the molecule is CCc1cc(C)ccc1C(c1ccc(Cl)cc1)C(C)C. The van der Waals surface area contributed by atoms with Crippen LogP contribution < -0.4 is 0 Å². The van der Waals surface area contributed by atoms with Gasteiger partial charge in [0, 0.05) is 10.9 Å². The Morgan fingerprint density at radius 2 is 1.65 bits per heavy atom. The molecule has 0 amide bonds. The minimum atomic E-state index is 0.433. The number of hydrogen-bond donors (Lipinski definition) is 0. The van der Waals surface area contributed by atoms with Gasteiger partial charge in [-0.05, 0) is 48.1 Å². The third-order valence-electron chi connectivity index (χ3n) is 3.91. The lowest BCUT2D eigenvalue weighted by atomic mass is 9.80. The maximum absolute atomic E-state index is 6.02. The van der Waals surface area contributed by atoms with E-state index in [1.54, 1.807) is 0 Å². The lowest BCUT2D eigenvalue weighted by Gasteiger charge is -2.25. The molecule has 2 rings (SSSR count). The van der Waals surface area contributed by atoms with Crippen molar-refractivity contribution < 1.29 is 0 Å². The van der Waals surface area contributed by atoms with Crippen molar-refractivity contribution in [3.63, 3.8) is 0 Å². The third kappa shape index (κ3) is 3.24. The van der Waals surface area contributed by atoms with E-state index >= 15 is 0 Å². The smallest absolute Gasteiger partial charge is 0.0406 e. The van der Waals surface area contributed by atoms with E-state index in [0.717, 1.165) is 11.4 Å². The highest BCUT2D eigenvalue weighted by Crippen LogP contribution is 2.35. The van der Waals surface area contributed by atoms with E-state index < -0.39 is 0 Å². The van der Waals surface area contributed by atoms with Gasteiger partial charge in [-0.25, -0.2) is 0 Å². The first-order chi connectivity index (χ1) is 9.52. The van der Waals surface area contributed by atoms with E-state index in [0.29, 0.717) is 11.8 Å². The molecular formula is C19H23Cl. The minimum absolute atomic E-state index is 0.433. The minimum Gasteiger partial charge on any atom is -0.0843 e. The molecule has 0 saturated carbocycles. The Labute approximate surface area is 127 Å². The van der Waals surface area contributed by atoms with Crippen LogP contribution in [0.4, 0.5) is 0 Å². The van der Waals surface area contributed by atoms with Crippen LogP contribution in [0, 0.1) is 12.8 Å². The van der Waals surface area contributed by atoms with Gasteiger partial charge in [0.1, 0.15) is 0 Å². The Hall–Kier alpha value is -1.27. The Morgan fingerprint density at radius 3 is 2.20 bits per heavy atom. The summed E-state index contributed by atoms with van der Waals surface area (Å²) in [5.74, 6) is 0.993. The van der Waals surface area contributed by atoms with Gasteiger partial charge in [-0.2, -0.15) is 0 Å². The van der Waals surface area contributed by atoms with Gasteiger partial charge >= 0.3 is 0 Å². The van der Waals surface area contributed by atoms with E-state index in [1.807, 2.05) is 12.1 Å². The first-order valence-corrected chi connectivity index (χ1v) is 7.75. The second-order valence-corrected chi connectivity index (χ2v) is 6.27. The Balaban J connectivity index is 2.51. The number of benzene rings is 2. The van der Waals surface area contributed by atoms with Crippen LogP contribution in [0.3, 0.4) is 0 Å². The molecule has 1 heteroatoms. The summed E-state index contributed by atoms with van der Waals surface area (Å²) in [6.45, 7) is 8.98. The summed E-state index contributed by atoms with van der Waals surface area (Å²) in [5, 5.41) is 0.802. The third-order valence-corrected chi connectivity index (χ3v) is 4.16. The van der Waals surface area contributed by atoms with Crippen LogP contribution >= 0.6 is 11.6 Å². The Bertz CT molecular complexity index is 567. The predicted molar refractivity (Wildman–Crippen MR) is 88.7 cm³/mol. The molecule has 20 heavy (non-hydrogen) atoms. The molecule has 0 aliphatic heterocycles. The fourth-order valence-corrected chi connectivity index (χ4v) is 3.06. The lowest BCUT2D eigenvalue weighted by Crippen LogP contribution is -2.11. The highest BCUT2D eigenvalue weighted by Gasteiger charge is 2.20. The Kier molecular flexibility index (Phi) is 4.88. The number of rotatable bonds is 4. The molecule has 2 aromatic carbocycles. The summed E-state index contributed by atoms with van der Waals surface area (Å²) in [4.78, 5) is 0. The van der Waals surface area contributed by atoms with Crippen molar-refractivity contribution in [1.82, 2.24) is 0 Å². The van der Waals surface area contributed by atoms with Gasteiger partial charge in [-0.15, -0.1) is 0 Å². The summed E-state index contributed by atoms with van der Waals surface area (Å²) in [7, 11) is 0. The maximum atomic E-state index is 6.02. The van der Waals surface area contributed by atoms with Crippen LogP contribution in [0.1, 0.15) is 48.9 Å². The van der Waals surface area contributed by atoms with Gasteiger partial charge < -0.3 is 0 Å². The normalized spacial score (nSPS) is 12.7. The molecule has 0 radical (unpaired) electrons. The highest BCUT2D eigenvalue weighted by molar-refractivity contribution is 6.30. The maximum Gasteiger partial charge on any atom is 0.0406 e. The monoisotopic (exact) mass is 286 g/mol. The average Bonchev–Trinajstić information content (AvgIpc) is 2.42. The van der Waals surface area contributed by atoms with Gasteiger partial charge in [0.25, 0.3) is 0 Å². The second-order valence-electron chi connectivity index (χ2n) is 5.83. The van der Waals surface area contributed by atoms with Crippen LogP contribution in [-0.4, -0.2) is 0 Å². The highest BCUT2D eigenvalue weighted by atomic mass is 35.5. The Morgan fingerprint density at radius 1 is 1.00 bits per heavy atom. The standard InChI is InChI=1S/C19H23Cl/c1-5-15-12-14(4)6-11-18(15)19(13(2)3)16-7-9-17(20)10-8-16/h6-13,19H,5H2,1-4H3. The molecule has 0 fully saturated rings. The average molecular weight is 287 g/mol. The summed E-state index contributed by atoms with van der Waals surface area (Å²) < 4.78 is 0. The van der Waals surface area contributed by atoms with Crippen LogP contribution in [0.5, 0.6) is 0 Å². The zero-order valence-corrected chi connectivity index (χ0v) is 13.5. The van der Waals surface area contributed by atoms with Crippen molar-refractivity contribution in [3.05, 3.63) is 69.7 Å². The molecule has 0 saturated heterocycles. The van der Waals surface area contributed by atoms with Crippen molar-refractivity contribution in [2.75, 3.05) is 0 Å². The number of halogens is 1. The molecule has 0 heterocycles. The molecule has 1 unspecified atom stereocenters. The molecule has 106 valence electrons. The largest absolute Gasteiger partial charge is 0.0843 e. The summed E-state index contributed by atoms with van der Waals surface area (Å²) in [6, 6.07) is 15.1. The molecule has 0 bridgehead atoms. The van der Waals surface area contributed by atoms with Gasteiger partial charge in [0.15, 0.2) is 0 Å². The molecule has 0 spiro atoms. The van der Waals surface area contributed by atoms with Gasteiger partial charge in [-0.1, -0.05) is 68.3 Å². The zero-order chi connectivity index (χ0) is 14.7.